The van der Waals surface area contributed by atoms with Gasteiger partial charge in [0.05, 0.1) is 12.1 Å². The molecule has 2 amide bonds. The van der Waals surface area contributed by atoms with E-state index in [1.54, 1.807) is 0 Å². The molecule has 1 fully saturated rings. The SMILES string of the molecule is CCC(CC)OCC(=O)N1C(=O)OC[C@@H]1Cc1ccccc1. The summed E-state index contributed by atoms with van der Waals surface area (Å²) in [5.41, 5.74) is 1.07. The summed E-state index contributed by atoms with van der Waals surface area (Å²) in [7, 11) is 0. The van der Waals surface area contributed by atoms with Gasteiger partial charge in [-0.05, 0) is 24.8 Å². The first-order valence-corrected chi connectivity index (χ1v) is 7.80. The number of nitrogens with zero attached hydrogens (tertiary/aromatic N) is 1. The molecular weight excluding hydrogens is 282 g/mol. The van der Waals surface area contributed by atoms with Gasteiger partial charge in [0.2, 0.25) is 0 Å². The molecule has 1 heterocycles. The summed E-state index contributed by atoms with van der Waals surface area (Å²) in [4.78, 5) is 25.3. The van der Waals surface area contributed by atoms with E-state index in [1.807, 2.05) is 44.2 Å². The van der Waals surface area contributed by atoms with Gasteiger partial charge >= 0.3 is 6.09 Å². The van der Waals surface area contributed by atoms with Crippen molar-refractivity contribution in [3.63, 3.8) is 0 Å². The number of rotatable bonds is 7. The molecule has 0 N–H and O–H groups in total. The van der Waals surface area contributed by atoms with Crippen LogP contribution in [0.15, 0.2) is 30.3 Å². The Balaban J connectivity index is 1.97. The summed E-state index contributed by atoms with van der Waals surface area (Å²) in [6.07, 6.45) is 1.78. The fourth-order valence-corrected chi connectivity index (χ4v) is 2.59. The fraction of sp³-hybridized carbons (Fsp3) is 0.529. The van der Waals surface area contributed by atoms with Crippen LogP contribution in [0.4, 0.5) is 4.79 Å². The molecule has 0 aromatic heterocycles. The van der Waals surface area contributed by atoms with Gasteiger partial charge in [-0.3, -0.25) is 4.79 Å². The van der Waals surface area contributed by atoms with Gasteiger partial charge < -0.3 is 9.47 Å². The van der Waals surface area contributed by atoms with Crippen LogP contribution < -0.4 is 0 Å². The third-order valence-electron chi connectivity index (χ3n) is 3.90. The molecule has 5 nitrogen and oxygen atoms in total. The first-order chi connectivity index (χ1) is 10.7. The zero-order valence-electron chi connectivity index (χ0n) is 13.2. The summed E-state index contributed by atoms with van der Waals surface area (Å²) in [5.74, 6) is -0.324. The number of amides is 2. The maximum Gasteiger partial charge on any atom is 0.417 e. The van der Waals surface area contributed by atoms with E-state index in [0.29, 0.717) is 6.42 Å². The van der Waals surface area contributed by atoms with Gasteiger partial charge in [-0.15, -0.1) is 0 Å². The number of ether oxygens (including phenoxy) is 2. The Morgan fingerprint density at radius 1 is 1.32 bits per heavy atom. The van der Waals surface area contributed by atoms with E-state index in [9.17, 15) is 9.59 Å². The minimum absolute atomic E-state index is 0.0511. The van der Waals surface area contributed by atoms with Crippen LogP contribution >= 0.6 is 0 Å². The molecule has 1 saturated heterocycles. The minimum atomic E-state index is -0.570. The molecule has 2 rings (SSSR count). The van der Waals surface area contributed by atoms with Crippen molar-refractivity contribution in [3.8, 4) is 0 Å². The van der Waals surface area contributed by atoms with Crippen LogP contribution in [0, 0.1) is 0 Å². The highest BCUT2D eigenvalue weighted by Gasteiger charge is 2.37. The smallest absolute Gasteiger partial charge is 0.417 e. The molecule has 22 heavy (non-hydrogen) atoms. The lowest BCUT2D eigenvalue weighted by Gasteiger charge is -2.21. The summed E-state index contributed by atoms with van der Waals surface area (Å²) < 4.78 is 10.6. The Bertz CT molecular complexity index is 499. The zero-order chi connectivity index (χ0) is 15.9. The number of carbonyl (C=O) groups excluding carboxylic acids is 2. The zero-order valence-corrected chi connectivity index (χ0v) is 13.2. The van der Waals surface area contributed by atoms with Crippen LogP contribution in [0.25, 0.3) is 0 Å². The van der Waals surface area contributed by atoms with Gasteiger partial charge in [-0.25, -0.2) is 9.69 Å². The average Bonchev–Trinajstić information content (AvgIpc) is 2.90. The molecule has 0 aliphatic carbocycles. The van der Waals surface area contributed by atoms with Crippen LogP contribution in [0.5, 0.6) is 0 Å². The highest BCUT2D eigenvalue weighted by atomic mass is 16.6. The van der Waals surface area contributed by atoms with E-state index in [1.165, 1.54) is 4.90 Å². The molecule has 0 radical (unpaired) electrons. The number of carbonyl (C=O) groups is 2. The Morgan fingerprint density at radius 2 is 2.00 bits per heavy atom. The topological polar surface area (TPSA) is 55.8 Å². The molecule has 5 heteroatoms. The lowest BCUT2D eigenvalue weighted by atomic mass is 10.1. The van der Waals surface area contributed by atoms with Crippen LogP contribution in [0.3, 0.4) is 0 Å². The molecule has 0 saturated carbocycles. The predicted molar refractivity (Wildman–Crippen MR) is 82.5 cm³/mol. The van der Waals surface area contributed by atoms with Crippen molar-refractivity contribution in [1.29, 1.82) is 0 Å². The second-order valence-electron chi connectivity index (χ2n) is 5.43. The quantitative estimate of drug-likeness (QED) is 0.777. The van der Waals surface area contributed by atoms with Gasteiger partial charge in [-0.2, -0.15) is 0 Å². The standard InChI is InChI=1S/C17H23NO4/c1-3-15(4-2)21-12-16(19)18-14(11-22-17(18)20)10-13-8-6-5-7-9-13/h5-9,14-15H,3-4,10-12H2,1-2H3/t14-/m0/s1. The maximum atomic E-state index is 12.3. The Kier molecular flexibility index (Phi) is 5.95. The molecule has 1 aromatic carbocycles. The second-order valence-corrected chi connectivity index (χ2v) is 5.43. The van der Waals surface area contributed by atoms with Gasteiger partial charge in [0, 0.05) is 0 Å². The highest BCUT2D eigenvalue weighted by molar-refractivity contribution is 5.94. The monoisotopic (exact) mass is 305 g/mol. The van der Waals surface area contributed by atoms with Crippen molar-refractivity contribution < 1.29 is 19.1 Å². The molecule has 1 atom stereocenters. The number of imide groups is 1. The molecule has 120 valence electrons. The third kappa shape index (κ3) is 4.07. The first kappa shape index (κ1) is 16.5. The molecule has 0 spiro atoms. The molecule has 0 bridgehead atoms. The van der Waals surface area contributed by atoms with Crippen molar-refractivity contribution in [3.05, 3.63) is 35.9 Å². The number of hydrogen-bond acceptors (Lipinski definition) is 4. The van der Waals surface area contributed by atoms with Gasteiger partial charge in [0.15, 0.2) is 0 Å². The van der Waals surface area contributed by atoms with E-state index in [0.717, 1.165) is 18.4 Å². The van der Waals surface area contributed by atoms with E-state index >= 15 is 0 Å². The highest BCUT2D eigenvalue weighted by Crippen LogP contribution is 2.18. The molecule has 1 aromatic rings. The maximum absolute atomic E-state index is 12.3. The molecule has 0 unspecified atom stereocenters. The molecule has 1 aliphatic rings. The summed E-state index contributed by atoms with van der Waals surface area (Å²) >= 11 is 0. The molecule has 1 aliphatic heterocycles. The second kappa shape index (κ2) is 7.94. The van der Waals surface area contributed by atoms with Gasteiger partial charge in [-0.1, -0.05) is 44.2 Å². The van der Waals surface area contributed by atoms with E-state index in [2.05, 4.69) is 0 Å². The lowest BCUT2D eigenvalue weighted by Crippen LogP contribution is -2.42. The summed E-state index contributed by atoms with van der Waals surface area (Å²) in [6, 6.07) is 9.52. The Hall–Kier alpha value is -1.88. The van der Waals surface area contributed by atoms with Crippen LogP contribution in [0.1, 0.15) is 32.3 Å². The van der Waals surface area contributed by atoms with Crippen LogP contribution in [-0.2, 0) is 20.7 Å². The third-order valence-corrected chi connectivity index (χ3v) is 3.90. The van der Waals surface area contributed by atoms with E-state index in [4.69, 9.17) is 9.47 Å². The van der Waals surface area contributed by atoms with E-state index in [-0.39, 0.29) is 31.3 Å². The normalized spacial score (nSPS) is 17.9. The van der Waals surface area contributed by atoms with Crippen molar-refractivity contribution in [1.82, 2.24) is 4.90 Å². The van der Waals surface area contributed by atoms with Crippen molar-refractivity contribution >= 4 is 12.0 Å². The van der Waals surface area contributed by atoms with Crippen molar-refractivity contribution in [2.75, 3.05) is 13.2 Å². The van der Waals surface area contributed by atoms with Crippen LogP contribution in [-0.4, -0.2) is 42.3 Å². The fourth-order valence-electron chi connectivity index (χ4n) is 2.59. The first-order valence-electron chi connectivity index (χ1n) is 7.80. The van der Waals surface area contributed by atoms with Gasteiger partial charge in [0.1, 0.15) is 13.2 Å². The number of cyclic esters (lactones) is 1. The average molecular weight is 305 g/mol. The number of hydrogen-bond donors (Lipinski definition) is 0. The lowest BCUT2D eigenvalue weighted by molar-refractivity contribution is -0.136. The number of benzene rings is 1. The Morgan fingerprint density at radius 3 is 2.64 bits per heavy atom. The van der Waals surface area contributed by atoms with Gasteiger partial charge in [0.25, 0.3) is 5.91 Å². The summed E-state index contributed by atoms with van der Waals surface area (Å²) in [5, 5.41) is 0. The molecular formula is C17H23NO4. The Labute approximate surface area is 131 Å². The largest absolute Gasteiger partial charge is 0.447 e. The van der Waals surface area contributed by atoms with Crippen molar-refractivity contribution in [2.45, 2.75) is 45.3 Å². The minimum Gasteiger partial charge on any atom is -0.447 e. The van der Waals surface area contributed by atoms with Crippen molar-refractivity contribution in [2.24, 2.45) is 0 Å². The van der Waals surface area contributed by atoms with E-state index < -0.39 is 6.09 Å². The summed E-state index contributed by atoms with van der Waals surface area (Å²) in [6.45, 7) is 4.19. The predicted octanol–water partition coefficient (Wildman–Crippen LogP) is 2.78. The van der Waals surface area contributed by atoms with Crippen LogP contribution in [0.2, 0.25) is 0 Å².